The molecule has 0 aromatic carbocycles. The first kappa shape index (κ1) is 19.6. The summed E-state index contributed by atoms with van der Waals surface area (Å²) in [5.41, 5.74) is 2.01. The van der Waals surface area contributed by atoms with Crippen LogP contribution < -0.4 is 5.56 Å². The Balaban J connectivity index is 2.29. The van der Waals surface area contributed by atoms with E-state index in [0.29, 0.717) is 21.9 Å². The Kier molecular flexibility index (Phi) is 6.70. The fraction of sp³-hybridized carbons (Fsp3) is 0.611. The molecular formula is C18H28N4O2S. The van der Waals surface area contributed by atoms with Crippen LogP contribution in [0.4, 0.5) is 0 Å². The van der Waals surface area contributed by atoms with Crippen LogP contribution in [0.15, 0.2) is 16.0 Å². The van der Waals surface area contributed by atoms with Crippen molar-refractivity contribution in [3.05, 3.63) is 22.1 Å². The molecule has 0 fully saturated rings. The molecule has 0 bridgehead atoms. The fourth-order valence-corrected chi connectivity index (χ4v) is 3.90. The maximum absolute atomic E-state index is 12.8. The first-order valence-corrected chi connectivity index (χ1v) is 9.90. The second-order valence-electron chi connectivity index (χ2n) is 6.55. The number of nitrogens with zero attached hydrogens (tertiary/aromatic N) is 3. The van der Waals surface area contributed by atoms with Gasteiger partial charge >= 0.3 is 0 Å². The van der Waals surface area contributed by atoms with E-state index in [1.54, 1.807) is 4.57 Å². The summed E-state index contributed by atoms with van der Waals surface area (Å²) in [6.45, 7) is 11.5. The number of aromatic nitrogens is 3. The van der Waals surface area contributed by atoms with Gasteiger partial charge in [0.15, 0.2) is 5.16 Å². The number of fused-ring (bicyclic) bond motifs is 1. The molecule has 0 saturated heterocycles. The first-order valence-electron chi connectivity index (χ1n) is 8.91. The predicted octanol–water partition coefficient (Wildman–Crippen LogP) is 3.35. The lowest BCUT2D eigenvalue weighted by Crippen LogP contribution is -2.34. The van der Waals surface area contributed by atoms with Crippen molar-refractivity contribution in [2.24, 2.45) is 0 Å². The van der Waals surface area contributed by atoms with Crippen molar-refractivity contribution in [1.29, 1.82) is 0 Å². The fourth-order valence-electron chi connectivity index (χ4n) is 2.87. The lowest BCUT2D eigenvalue weighted by molar-refractivity contribution is -0.128. The van der Waals surface area contributed by atoms with E-state index in [2.05, 4.69) is 23.8 Å². The number of carbonyl (C=O) groups is 1. The molecule has 0 aliphatic rings. The van der Waals surface area contributed by atoms with Crippen LogP contribution >= 0.6 is 11.8 Å². The summed E-state index contributed by atoms with van der Waals surface area (Å²) in [5, 5.41) is 0.604. The molecule has 0 atom stereocenters. The van der Waals surface area contributed by atoms with Gasteiger partial charge in [0.1, 0.15) is 5.52 Å². The number of nitrogens with one attached hydrogen (secondary N) is 1. The number of aromatic amines is 1. The summed E-state index contributed by atoms with van der Waals surface area (Å²) in [6, 6.07) is 1.85. The molecular weight excluding hydrogens is 336 g/mol. The van der Waals surface area contributed by atoms with Gasteiger partial charge in [-0.2, -0.15) is 0 Å². The van der Waals surface area contributed by atoms with E-state index in [1.165, 1.54) is 11.8 Å². The van der Waals surface area contributed by atoms with Gasteiger partial charge in [0.05, 0.1) is 11.3 Å². The van der Waals surface area contributed by atoms with Crippen LogP contribution in [0.1, 0.15) is 52.3 Å². The van der Waals surface area contributed by atoms with Crippen molar-refractivity contribution in [2.45, 2.75) is 58.7 Å². The minimum Gasteiger partial charge on any atom is -0.353 e. The summed E-state index contributed by atoms with van der Waals surface area (Å²) in [7, 11) is 0. The highest BCUT2D eigenvalue weighted by Gasteiger charge is 2.18. The standard InChI is InChI=1S/C18H28N4O2S/c1-6-8-21(9-7-2)15(23)11-25-18-20-14-10-13(5)19-16(14)17(24)22(18)12(3)4/h10,12,19H,6-9,11H2,1-5H3. The van der Waals surface area contributed by atoms with Crippen molar-refractivity contribution in [3.8, 4) is 0 Å². The monoisotopic (exact) mass is 364 g/mol. The summed E-state index contributed by atoms with van der Waals surface area (Å²) in [5.74, 6) is 0.400. The molecule has 1 N–H and O–H groups in total. The minimum absolute atomic E-state index is 0.0204. The number of rotatable bonds is 8. The zero-order chi connectivity index (χ0) is 18.6. The van der Waals surface area contributed by atoms with Gasteiger partial charge in [0, 0.05) is 24.8 Å². The summed E-state index contributed by atoms with van der Waals surface area (Å²) in [6.07, 6.45) is 1.89. The van der Waals surface area contributed by atoms with Crippen molar-refractivity contribution in [3.63, 3.8) is 0 Å². The third-order valence-corrected chi connectivity index (χ3v) is 4.90. The molecule has 0 aliphatic carbocycles. The van der Waals surface area contributed by atoms with Crippen LogP contribution in [0.2, 0.25) is 0 Å². The number of amides is 1. The maximum atomic E-state index is 12.8. The highest BCUT2D eigenvalue weighted by atomic mass is 32.2. The Morgan fingerprint density at radius 1 is 1.32 bits per heavy atom. The molecule has 2 heterocycles. The molecule has 25 heavy (non-hydrogen) atoms. The Morgan fingerprint density at radius 2 is 1.96 bits per heavy atom. The number of hydrogen-bond acceptors (Lipinski definition) is 4. The van der Waals surface area contributed by atoms with Crippen LogP contribution in [0.5, 0.6) is 0 Å². The van der Waals surface area contributed by atoms with Crippen LogP contribution in [-0.2, 0) is 4.79 Å². The first-order chi connectivity index (χ1) is 11.9. The minimum atomic E-state index is -0.0815. The van der Waals surface area contributed by atoms with E-state index in [0.717, 1.165) is 31.6 Å². The van der Waals surface area contributed by atoms with Gasteiger partial charge in [-0.25, -0.2) is 4.98 Å². The second kappa shape index (κ2) is 8.56. The molecule has 6 nitrogen and oxygen atoms in total. The summed E-state index contributed by atoms with van der Waals surface area (Å²) in [4.78, 5) is 34.9. The van der Waals surface area contributed by atoms with Crippen molar-refractivity contribution < 1.29 is 4.79 Å². The molecule has 0 aliphatic heterocycles. The van der Waals surface area contributed by atoms with Crippen LogP contribution in [0, 0.1) is 6.92 Å². The lowest BCUT2D eigenvalue weighted by Gasteiger charge is -2.21. The van der Waals surface area contributed by atoms with E-state index in [1.807, 2.05) is 31.7 Å². The SMILES string of the molecule is CCCN(CCC)C(=O)CSc1nc2cc(C)[nH]c2c(=O)n1C(C)C. The Bertz CT molecular complexity index is 788. The Hall–Kier alpha value is -1.76. The molecule has 2 aromatic rings. The van der Waals surface area contributed by atoms with Gasteiger partial charge in [-0.1, -0.05) is 25.6 Å². The van der Waals surface area contributed by atoms with E-state index in [4.69, 9.17) is 0 Å². The van der Waals surface area contributed by atoms with E-state index >= 15 is 0 Å². The third-order valence-electron chi connectivity index (χ3n) is 3.97. The van der Waals surface area contributed by atoms with E-state index < -0.39 is 0 Å². The molecule has 1 amide bonds. The molecule has 2 aromatic heterocycles. The maximum Gasteiger partial charge on any atom is 0.278 e. The van der Waals surface area contributed by atoms with E-state index in [9.17, 15) is 9.59 Å². The average molecular weight is 365 g/mol. The molecule has 0 unspecified atom stereocenters. The quantitative estimate of drug-likeness (QED) is 0.576. The zero-order valence-electron chi connectivity index (χ0n) is 15.8. The van der Waals surface area contributed by atoms with Gasteiger partial charge in [0.2, 0.25) is 5.91 Å². The third kappa shape index (κ3) is 4.45. The van der Waals surface area contributed by atoms with Crippen LogP contribution in [0.3, 0.4) is 0 Å². The van der Waals surface area contributed by atoms with Crippen molar-refractivity contribution in [2.75, 3.05) is 18.8 Å². The smallest absolute Gasteiger partial charge is 0.278 e. The van der Waals surface area contributed by atoms with E-state index in [-0.39, 0.29) is 17.5 Å². The lowest BCUT2D eigenvalue weighted by atomic mass is 10.3. The Labute approximate surface area is 153 Å². The number of H-pyrrole nitrogens is 1. The molecule has 0 saturated carbocycles. The molecule has 0 spiro atoms. The van der Waals surface area contributed by atoms with Gasteiger partial charge in [-0.3, -0.25) is 14.2 Å². The van der Waals surface area contributed by atoms with Gasteiger partial charge in [-0.15, -0.1) is 0 Å². The Morgan fingerprint density at radius 3 is 2.52 bits per heavy atom. The normalized spacial score (nSPS) is 11.4. The molecule has 7 heteroatoms. The topological polar surface area (TPSA) is 71.0 Å². The number of thioether (sulfide) groups is 1. The van der Waals surface area contributed by atoms with Crippen LogP contribution in [-0.4, -0.2) is 44.2 Å². The molecule has 138 valence electrons. The van der Waals surface area contributed by atoms with Crippen LogP contribution in [0.25, 0.3) is 11.0 Å². The second-order valence-corrected chi connectivity index (χ2v) is 7.49. The van der Waals surface area contributed by atoms with Crippen molar-refractivity contribution in [1.82, 2.24) is 19.4 Å². The van der Waals surface area contributed by atoms with Gasteiger partial charge in [-0.05, 0) is 39.7 Å². The largest absolute Gasteiger partial charge is 0.353 e. The highest BCUT2D eigenvalue weighted by Crippen LogP contribution is 2.21. The number of hydrogen-bond donors (Lipinski definition) is 1. The van der Waals surface area contributed by atoms with Gasteiger partial charge in [0.25, 0.3) is 5.56 Å². The van der Waals surface area contributed by atoms with Gasteiger partial charge < -0.3 is 9.88 Å². The molecule has 2 rings (SSSR count). The summed E-state index contributed by atoms with van der Waals surface area (Å²) < 4.78 is 1.67. The van der Waals surface area contributed by atoms with Crippen molar-refractivity contribution >= 4 is 28.7 Å². The molecule has 0 radical (unpaired) electrons. The number of carbonyl (C=O) groups excluding carboxylic acids is 1. The number of aryl methyl sites for hydroxylation is 1. The summed E-state index contributed by atoms with van der Waals surface area (Å²) >= 11 is 1.35. The zero-order valence-corrected chi connectivity index (χ0v) is 16.6. The highest BCUT2D eigenvalue weighted by molar-refractivity contribution is 7.99. The average Bonchev–Trinajstić information content (AvgIpc) is 2.92. The predicted molar refractivity (Wildman–Crippen MR) is 103 cm³/mol.